The van der Waals surface area contributed by atoms with Crippen LogP contribution in [0.3, 0.4) is 0 Å². The van der Waals surface area contributed by atoms with E-state index < -0.39 is 47.6 Å². The second kappa shape index (κ2) is 13.0. The number of ether oxygens (including phenoxy) is 1. The highest BCUT2D eigenvalue weighted by Gasteiger charge is 2.33. The van der Waals surface area contributed by atoms with Crippen molar-refractivity contribution in [3.05, 3.63) is 29.8 Å². The van der Waals surface area contributed by atoms with E-state index in [1.807, 2.05) is 6.92 Å². The Labute approximate surface area is 206 Å². The van der Waals surface area contributed by atoms with Crippen molar-refractivity contribution in [3.8, 4) is 5.75 Å². The Morgan fingerprint density at radius 3 is 1.94 bits per heavy atom. The highest BCUT2D eigenvalue weighted by atomic mass is 16.6. The molecule has 0 saturated carbocycles. The van der Waals surface area contributed by atoms with Gasteiger partial charge in [-0.15, -0.1) is 0 Å². The van der Waals surface area contributed by atoms with Crippen LogP contribution in [0.25, 0.3) is 0 Å². The van der Waals surface area contributed by atoms with Gasteiger partial charge in [0, 0.05) is 6.42 Å². The van der Waals surface area contributed by atoms with Crippen molar-refractivity contribution in [2.75, 3.05) is 0 Å². The van der Waals surface area contributed by atoms with Crippen LogP contribution in [-0.2, 0) is 25.5 Å². The summed E-state index contributed by atoms with van der Waals surface area (Å²) in [5, 5.41) is 26.8. The van der Waals surface area contributed by atoms with Crippen LogP contribution in [0, 0.1) is 11.8 Å². The molecular formula is C25H39N3O7. The number of aliphatic carboxylic acids is 1. The van der Waals surface area contributed by atoms with Gasteiger partial charge >= 0.3 is 12.1 Å². The molecule has 0 aromatic heterocycles. The predicted octanol–water partition coefficient (Wildman–Crippen LogP) is 2.58. The van der Waals surface area contributed by atoms with Gasteiger partial charge in [0.2, 0.25) is 11.8 Å². The largest absolute Gasteiger partial charge is 0.508 e. The smallest absolute Gasteiger partial charge is 0.408 e. The van der Waals surface area contributed by atoms with Crippen LogP contribution < -0.4 is 16.0 Å². The molecule has 196 valence electrons. The van der Waals surface area contributed by atoms with Crippen molar-refractivity contribution in [2.45, 2.75) is 85.0 Å². The third-order valence-electron chi connectivity index (χ3n) is 5.41. The zero-order chi connectivity index (χ0) is 26.9. The number of hydrogen-bond acceptors (Lipinski definition) is 6. The molecule has 5 N–H and O–H groups in total. The molecule has 35 heavy (non-hydrogen) atoms. The SMILES string of the molecule is CCC(C)[C@H](NC(=O)[C@H](Cc1ccc(O)cc1)NC(=O)[C@@H](NC(=O)OC(C)(C)C)C(C)C)C(=O)O. The summed E-state index contributed by atoms with van der Waals surface area (Å²) in [5.41, 5.74) is -0.120. The van der Waals surface area contributed by atoms with Crippen molar-refractivity contribution in [1.82, 2.24) is 16.0 Å². The molecule has 10 nitrogen and oxygen atoms in total. The summed E-state index contributed by atoms with van der Waals surface area (Å²) in [7, 11) is 0. The van der Waals surface area contributed by atoms with Gasteiger partial charge in [-0.25, -0.2) is 9.59 Å². The van der Waals surface area contributed by atoms with Gasteiger partial charge in [-0.05, 0) is 50.3 Å². The van der Waals surface area contributed by atoms with Crippen LogP contribution in [0.15, 0.2) is 24.3 Å². The fraction of sp³-hybridized carbons (Fsp3) is 0.600. The number of nitrogens with one attached hydrogen (secondary N) is 3. The summed E-state index contributed by atoms with van der Waals surface area (Å²) in [5.74, 6) is -3.07. The first-order valence-electron chi connectivity index (χ1n) is 11.8. The van der Waals surface area contributed by atoms with Crippen LogP contribution in [0.4, 0.5) is 4.79 Å². The molecule has 0 spiro atoms. The number of phenolic OH excluding ortho intramolecular Hbond substituents is 1. The maximum absolute atomic E-state index is 13.1. The molecule has 0 fully saturated rings. The zero-order valence-electron chi connectivity index (χ0n) is 21.5. The fourth-order valence-electron chi connectivity index (χ4n) is 3.24. The van der Waals surface area contributed by atoms with E-state index in [9.17, 15) is 29.4 Å². The molecule has 0 aliphatic carbocycles. The lowest BCUT2D eigenvalue weighted by molar-refractivity contribution is -0.143. The maximum atomic E-state index is 13.1. The summed E-state index contributed by atoms with van der Waals surface area (Å²) < 4.78 is 5.25. The Kier molecular flexibility index (Phi) is 11.0. The summed E-state index contributed by atoms with van der Waals surface area (Å²) in [6, 6.07) is 2.85. The summed E-state index contributed by atoms with van der Waals surface area (Å²) >= 11 is 0. The number of carbonyl (C=O) groups is 4. The molecule has 1 rings (SSSR count). The molecule has 1 aromatic rings. The first-order valence-corrected chi connectivity index (χ1v) is 11.8. The summed E-state index contributed by atoms with van der Waals surface area (Å²) in [4.78, 5) is 50.3. The first-order chi connectivity index (χ1) is 16.1. The third-order valence-corrected chi connectivity index (χ3v) is 5.41. The van der Waals surface area contributed by atoms with Crippen LogP contribution in [0.2, 0.25) is 0 Å². The van der Waals surface area contributed by atoms with Gasteiger partial charge in [0.25, 0.3) is 0 Å². The van der Waals surface area contributed by atoms with E-state index in [-0.39, 0.29) is 24.0 Å². The first kappa shape index (κ1) is 29.7. The lowest BCUT2D eigenvalue weighted by Gasteiger charge is -2.28. The Balaban J connectivity index is 3.15. The number of carboxylic acids is 1. The topological polar surface area (TPSA) is 154 Å². The van der Waals surface area contributed by atoms with Gasteiger partial charge in [0.05, 0.1) is 0 Å². The minimum absolute atomic E-state index is 0.0436. The Morgan fingerprint density at radius 1 is 0.914 bits per heavy atom. The molecule has 1 unspecified atom stereocenters. The minimum atomic E-state index is -1.17. The lowest BCUT2D eigenvalue weighted by atomic mass is 9.97. The third kappa shape index (κ3) is 10.2. The fourth-order valence-corrected chi connectivity index (χ4v) is 3.24. The van der Waals surface area contributed by atoms with Gasteiger partial charge in [0.15, 0.2) is 0 Å². The molecule has 0 saturated heterocycles. The average molecular weight is 494 g/mol. The Morgan fingerprint density at radius 2 is 1.49 bits per heavy atom. The van der Waals surface area contributed by atoms with Gasteiger partial charge in [0.1, 0.15) is 29.5 Å². The molecule has 0 aliphatic heterocycles. The number of aromatic hydroxyl groups is 1. The van der Waals surface area contributed by atoms with Crippen LogP contribution in [0.5, 0.6) is 5.75 Å². The number of carboxylic acid groups (broad SMARTS) is 1. The molecule has 1 aromatic carbocycles. The normalized spacial score (nSPS) is 14.9. The molecule has 0 heterocycles. The van der Waals surface area contributed by atoms with Crippen molar-refractivity contribution >= 4 is 23.9 Å². The van der Waals surface area contributed by atoms with Crippen molar-refractivity contribution < 1.29 is 34.1 Å². The van der Waals surface area contributed by atoms with E-state index in [1.165, 1.54) is 12.1 Å². The number of rotatable bonds is 11. The van der Waals surface area contributed by atoms with E-state index in [0.29, 0.717) is 12.0 Å². The van der Waals surface area contributed by atoms with Crippen molar-refractivity contribution in [2.24, 2.45) is 11.8 Å². The molecular weight excluding hydrogens is 454 g/mol. The van der Waals surface area contributed by atoms with E-state index in [1.54, 1.807) is 53.7 Å². The molecule has 3 amide bonds. The second-order valence-electron chi connectivity index (χ2n) is 10.0. The van der Waals surface area contributed by atoms with Gasteiger partial charge in [-0.1, -0.05) is 46.2 Å². The van der Waals surface area contributed by atoms with Gasteiger partial charge in [-0.3, -0.25) is 9.59 Å². The lowest BCUT2D eigenvalue weighted by Crippen LogP contribution is -2.58. The van der Waals surface area contributed by atoms with Gasteiger partial charge < -0.3 is 30.9 Å². The monoisotopic (exact) mass is 493 g/mol. The average Bonchev–Trinajstić information content (AvgIpc) is 2.74. The van der Waals surface area contributed by atoms with Crippen LogP contribution >= 0.6 is 0 Å². The summed E-state index contributed by atoms with van der Waals surface area (Å²) in [6.45, 7) is 12.1. The molecule has 10 heteroatoms. The van der Waals surface area contributed by atoms with Crippen molar-refractivity contribution in [1.29, 1.82) is 0 Å². The highest BCUT2D eigenvalue weighted by Crippen LogP contribution is 2.14. The number of alkyl carbamates (subject to hydrolysis) is 1. The summed E-state index contributed by atoms with van der Waals surface area (Å²) in [6.07, 6.45) is -0.197. The molecule has 0 bridgehead atoms. The number of phenols is 1. The van der Waals surface area contributed by atoms with E-state index in [2.05, 4.69) is 16.0 Å². The number of carbonyl (C=O) groups excluding carboxylic acids is 3. The molecule has 4 atom stereocenters. The quantitative estimate of drug-likeness (QED) is 0.317. The molecule has 0 aliphatic rings. The van der Waals surface area contributed by atoms with E-state index >= 15 is 0 Å². The van der Waals surface area contributed by atoms with E-state index in [4.69, 9.17) is 4.74 Å². The van der Waals surface area contributed by atoms with E-state index in [0.717, 1.165) is 0 Å². The number of benzene rings is 1. The number of amides is 3. The standard InChI is InChI=1S/C25H39N3O7/c1-8-15(4)20(23(32)33)27-21(30)18(13-16-9-11-17(29)12-10-16)26-22(31)19(14(2)3)28-24(34)35-25(5,6)7/h9-12,14-15,18-20,29H,8,13H2,1-7H3,(H,26,31)(H,27,30)(H,28,34)(H,32,33)/t15?,18-,19-,20-/m0/s1. The Bertz CT molecular complexity index is 878. The zero-order valence-corrected chi connectivity index (χ0v) is 21.5. The van der Waals surface area contributed by atoms with Gasteiger partial charge in [-0.2, -0.15) is 0 Å². The predicted molar refractivity (Wildman–Crippen MR) is 131 cm³/mol. The maximum Gasteiger partial charge on any atom is 0.408 e. The second-order valence-corrected chi connectivity index (χ2v) is 10.0. The highest BCUT2D eigenvalue weighted by molar-refractivity contribution is 5.93. The minimum Gasteiger partial charge on any atom is -0.508 e. The van der Waals surface area contributed by atoms with Crippen LogP contribution in [-0.4, -0.2) is 57.8 Å². The molecule has 0 radical (unpaired) electrons. The van der Waals surface area contributed by atoms with Crippen LogP contribution in [0.1, 0.15) is 60.5 Å². The Hall–Kier alpha value is -3.30. The number of hydrogen-bond donors (Lipinski definition) is 5. The van der Waals surface area contributed by atoms with Crippen molar-refractivity contribution in [3.63, 3.8) is 0 Å².